The fourth-order valence-corrected chi connectivity index (χ4v) is 4.22. The highest BCUT2D eigenvalue weighted by molar-refractivity contribution is 7.99. The zero-order chi connectivity index (χ0) is 24.2. The first-order valence-electron chi connectivity index (χ1n) is 10.9. The van der Waals surface area contributed by atoms with E-state index in [1.807, 2.05) is 37.3 Å². The zero-order valence-electron chi connectivity index (χ0n) is 18.8. The van der Waals surface area contributed by atoms with E-state index in [1.165, 1.54) is 29.3 Å². The van der Waals surface area contributed by atoms with Crippen molar-refractivity contribution >= 4 is 23.4 Å². The van der Waals surface area contributed by atoms with E-state index in [1.54, 1.807) is 12.3 Å². The molecule has 0 N–H and O–H groups in total. The number of benzene rings is 2. The van der Waals surface area contributed by atoms with Crippen LogP contribution in [0.1, 0.15) is 35.2 Å². The third-order valence-corrected chi connectivity index (χ3v) is 6.17. The fourth-order valence-electron chi connectivity index (χ4n) is 3.58. The molecular formula is C25H21FN4O4S. The van der Waals surface area contributed by atoms with Crippen molar-refractivity contribution in [3.63, 3.8) is 0 Å². The average molecular weight is 493 g/mol. The lowest BCUT2D eigenvalue weighted by atomic mass is 10.0. The minimum Gasteiger partial charge on any atom is -0.484 e. The first kappa shape index (κ1) is 22.9. The molecule has 2 aromatic carbocycles. The van der Waals surface area contributed by atoms with Gasteiger partial charge >= 0.3 is 0 Å². The van der Waals surface area contributed by atoms with Crippen molar-refractivity contribution in [2.24, 2.45) is 5.10 Å². The molecule has 1 atom stereocenters. The lowest BCUT2D eigenvalue weighted by molar-refractivity contribution is -0.130. The van der Waals surface area contributed by atoms with Crippen LogP contribution in [-0.2, 0) is 11.4 Å². The molecule has 8 nitrogen and oxygen atoms in total. The normalized spacial score (nSPS) is 15.3. The number of amides is 1. The van der Waals surface area contributed by atoms with Crippen LogP contribution in [0.3, 0.4) is 0 Å². The van der Waals surface area contributed by atoms with Crippen molar-refractivity contribution in [2.75, 3.05) is 5.75 Å². The Hall–Kier alpha value is -3.92. The van der Waals surface area contributed by atoms with Gasteiger partial charge in [-0.3, -0.25) is 4.79 Å². The lowest BCUT2D eigenvalue weighted by Crippen LogP contribution is -2.28. The molecule has 5 rings (SSSR count). The summed E-state index contributed by atoms with van der Waals surface area (Å²) >= 11 is 1.12. The number of rotatable bonds is 8. The Bertz CT molecular complexity index is 1320. The Morgan fingerprint density at radius 1 is 1.14 bits per heavy atom. The standard InChI is InChI=1S/C25H21FN4O4S/c1-16-4-6-17(7-5-16)20-13-21(22-3-2-12-32-22)30(29-20)24(31)15-35-25-28-27-23(34-25)14-33-19-10-8-18(26)9-11-19/h2-12,21H,13-15H2,1H3/t21-/m0/s1. The van der Waals surface area contributed by atoms with E-state index in [-0.39, 0.29) is 41.2 Å². The smallest absolute Gasteiger partial charge is 0.277 e. The van der Waals surface area contributed by atoms with E-state index in [0.29, 0.717) is 17.9 Å². The molecule has 1 amide bonds. The molecule has 1 aliphatic heterocycles. The van der Waals surface area contributed by atoms with Gasteiger partial charge < -0.3 is 13.6 Å². The SMILES string of the molecule is Cc1ccc(C2=NN(C(=O)CSc3nnc(COc4ccc(F)cc4)o3)[C@H](c3ccco3)C2)cc1. The number of ether oxygens (including phenoxy) is 1. The van der Waals surface area contributed by atoms with E-state index in [0.717, 1.165) is 28.6 Å². The fraction of sp³-hybridized carbons (Fsp3) is 0.200. The summed E-state index contributed by atoms with van der Waals surface area (Å²) in [6, 6.07) is 17.0. The molecule has 0 saturated heterocycles. The maximum atomic E-state index is 13.1. The number of aromatic nitrogens is 2. The number of hydrazone groups is 1. The topological polar surface area (TPSA) is 94.0 Å². The van der Waals surface area contributed by atoms with Gasteiger partial charge in [-0.05, 0) is 48.9 Å². The number of carbonyl (C=O) groups excluding carboxylic acids is 1. The highest BCUT2D eigenvalue weighted by atomic mass is 32.2. The molecule has 3 heterocycles. The van der Waals surface area contributed by atoms with Crippen molar-refractivity contribution in [2.45, 2.75) is 31.2 Å². The average Bonchev–Trinajstić information content (AvgIpc) is 3.63. The van der Waals surface area contributed by atoms with E-state index in [4.69, 9.17) is 13.6 Å². The van der Waals surface area contributed by atoms with E-state index in [9.17, 15) is 9.18 Å². The maximum Gasteiger partial charge on any atom is 0.277 e. The quantitative estimate of drug-likeness (QED) is 0.314. The molecule has 10 heteroatoms. The third-order valence-electron chi connectivity index (χ3n) is 5.37. The Kier molecular flexibility index (Phi) is 6.62. The highest BCUT2D eigenvalue weighted by Gasteiger charge is 2.35. The summed E-state index contributed by atoms with van der Waals surface area (Å²) in [5, 5.41) is 14.2. The Labute approximate surface area is 204 Å². The van der Waals surface area contributed by atoms with Crippen LogP contribution in [0.15, 0.2) is 86.1 Å². The summed E-state index contributed by atoms with van der Waals surface area (Å²) in [7, 11) is 0. The molecule has 0 radical (unpaired) electrons. The van der Waals surface area contributed by atoms with Gasteiger partial charge in [-0.15, -0.1) is 10.2 Å². The third kappa shape index (κ3) is 5.43. The molecule has 0 fully saturated rings. The second-order valence-corrected chi connectivity index (χ2v) is 8.81. The molecule has 0 bridgehead atoms. The predicted molar refractivity (Wildman–Crippen MR) is 126 cm³/mol. The molecule has 178 valence electrons. The van der Waals surface area contributed by atoms with Gasteiger partial charge in [0.15, 0.2) is 6.61 Å². The van der Waals surface area contributed by atoms with Crippen molar-refractivity contribution in [3.8, 4) is 5.75 Å². The molecule has 0 unspecified atom stereocenters. The monoisotopic (exact) mass is 492 g/mol. The first-order chi connectivity index (χ1) is 17.0. The lowest BCUT2D eigenvalue weighted by Gasteiger charge is -2.19. The van der Waals surface area contributed by atoms with Crippen LogP contribution in [0.25, 0.3) is 0 Å². The molecule has 0 aliphatic carbocycles. The van der Waals surface area contributed by atoms with Crippen LogP contribution in [-0.4, -0.2) is 32.6 Å². The summed E-state index contributed by atoms with van der Waals surface area (Å²) in [6.45, 7) is 2.06. The number of halogens is 1. The Morgan fingerprint density at radius 3 is 2.69 bits per heavy atom. The van der Waals surface area contributed by atoms with Crippen LogP contribution in [0.5, 0.6) is 5.75 Å². The van der Waals surface area contributed by atoms with E-state index >= 15 is 0 Å². The van der Waals surface area contributed by atoms with Crippen molar-refractivity contribution in [1.82, 2.24) is 15.2 Å². The number of thioether (sulfide) groups is 1. The number of hydrogen-bond donors (Lipinski definition) is 0. The molecular weight excluding hydrogens is 471 g/mol. The van der Waals surface area contributed by atoms with E-state index in [2.05, 4.69) is 15.3 Å². The number of aryl methyl sites for hydroxylation is 1. The van der Waals surface area contributed by atoms with Gasteiger partial charge in [0.25, 0.3) is 17.0 Å². The van der Waals surface area contributed by atoms with Crippen molar-refractivity contribution in [1.29, 1.82) is 0 Å². The van der Waals surface area contributed by atoms with Gasteiger partial charge in [0, 0.05) is 6.42 Å². The molecule has 0 saturated carbocycles. The summed E-state index contributed by atoms with van der Waals surface area (Å²) in [4.78, 5) is 13.1. The van der Waals surface area contributed by atoms with Crippen molar-refractivity contribution in [3.05, 3.63) is 95.5 Å². The first-order valence-corrected chi connectivity index (χ1v) is 11.9. The molecule has 2 aromatic heterocycles. The summed E-state index contributed by atoms with van der Waals surface area (Å²) in [5.41, 5.74) is 2.95. The van der Waals surface area contributed by atoms with Crippen LogP contribution < -0.4 is 4.74 Å². The number of carbonyl (C=O) groups is 1. The second kappa shape index (κ2) is 10.1. The Balaban J connectivity index is 1.23. The van der Waals surface area contributed by atoms with Crippen LogP contribution in [0, 0.1) is 12.7 Å². The summed E-state index contributed by atoms with van der Waals surface area (Å²) in [6.07, 6.45) is 2.14. The minimum absolute atomic E-state index is 0.0318. The maximum absolute atomic E-state index is 13.1. The zero-order valence-corrected chi connectivity index (χ0v) is 19.6. The molecule has 1 aliphatic rings. The Morgan fingerprint density at radius 2 is 1.94 bits per heavy atom. The van der Waals surface area contributed by atoms with Crippen LogP contribution in [0.2, 0.25) is 0 Å². The largest absolute Gasteiger partial charge is 0.484 e. The molecule has 4 aromatic rings. The van der Waals surface area contributed by atoms with Gasteiger partial charge in [0.2, 0.25) is 0 Å². The van der Waals surface area contributed by atoms with Crippen LogP contribution >= 0.6 is 11.8 Å². The highest BCUT2D eigenvalue weighted by Crippen LogP contribution is 2.34. The van der Waals surface area contributed by atoms with Gasteiger partial charge in [0.1, 0.15) is 23.4 Å². The van der Waals surface area contributed by atoms with Gasteiger partial charge in [-0.1, -0.05) is 41.6 Å². The van der Waals surface area contributed by atoms with Gasteiger partial charge in [0.05, 0.1) is 17.7 Å². The van der Waals surface area contributed by atoms with Crippen LogP contribution in [0.4, 0.5) is 4.39 Å². The van der Waals surface area contributed by atoms with E-state index < -0.39 is 0 Å². The summed E-state index contributed by atoms with van der Waals surface area (Å²) < 4.78 is 29.7. The molecule has 0 spiro atoms. The number of nitrogens with zero attached hydrogens (tertiary/aromatic N) is 4. The number of hydrogen-bond acceptors (Lipinski definition) is 8. The predicted octanol–water partition coefficient (Wildman–Crippen LogP) is 5.16. The summed E-state index contributed by atoms with van der Waals surface area (Å²) in [5.74, 6) is 0.907. The van der Waals surface area contributed by atoms with Crippen molar-refractivity contribution < 1.29 is 22.8 Å². The second-order valence-electron chi connectivity index (χ2n) is 7.88. The van der Waals surface area contributed by atoms with Gasteiger partial charge in [-0.2, -0.15) is 5.10 Å². The van der Waals surface area contributed by atoms with Gasteiger partial charge in [-0.25, -0.2) is 9.40 Å². The number of furan rings is 1. The molecule has 35 heavy (non-hydrogen) atoms. The minimum atomic E-state index is -0.346.